The number of nitriles is 3. The van der Waals surface area contributed by atoms with Gasteiger partial charge in [-0.3, -0.25) is 5.41 Å². The maximum atomic E-state index is 14.9. The van der Waals surface area contributed by atoms with Crippen LogP contribution in [0.25, 0.3) is 0 Å². The van der Waals surface area contributed by atoms with Crippen LogP contribution in [0, 0.1) is 85.2 Å². The van der Waals surface area contributed by atoms with Crippen LogP contribution in [-0.4, -0.2) is 5.90 Å². The fraction of sp³-hybridized carbons (Fsp3) is 0.273. The molecule has 0 saturated carbocycles. The molecule has 2 aromatic carbocycles. The lowest BCUT2D eigenvalue weighted by molar-refractivity contribution is -0.289. The van der Waals surface area contributed by atoms with Gasteiger partial charge in [0, 0.05) is 10.6 Å². The van der Waals surface area contributed by atoms with E-state index in [-0.39, 0.29) is 15.6 Å². The van der Waals surface area contributed by atoms with Crippen LogP contribution in [0.15, 0.2) is 18.2 Å². The number of rotatable bonds is 2. The highest BCUT2D eigenvalue weighted by atomic mass is 35.5. The molecule has 2 heterocycles. The Labute approximate surface area is 204 Å². The van der Waals surface area contributed by atoms with Crippen molar-refractivity contribution in [1.29, 1.82) is 21.2 Å². The zero-order chi connectivity index (χ0) is 26.1. The van der Waals surface area contributed by atoms with Crippen molar-refractivity contribution in [3.05, 3.63) is 68.5 Å². The van der Waals surface area contributed by atoms with E-state index in [4.69, 9.17) is 38.1 Å². The van der Waals surface area contributed by atoms with Crippen molar-refractivity contribution in [1.82, 2.24) is 0 Å². The van der Waals surface area contributed by atoms with Crippen LogP contribution in [0.3, 0.4) is 0 Å². The number of hydrogen-bond acceptors (Lipinski definition) is 6. The molecule has 2 saturated heterocycles. The normalized spacial score (nSPS) is 28.5. The minimum Gasteiger partial charge on any atom is -0.443 e. The van der Waals surface area contributed by atoms with Crippen LogP contribution < -0.4 is 0 Å². The van der Waals surface area contributed by atoms with Gasteiger partial charge in [-0.05, 0) is 18.2 Å². The van der Waals surface area contributed by atoms with Crippen molar-refractivity contribution in [2.75, 3.05) is 0 Å². The average Bonchev–Trinajstić information content (AvgIpc) is 2.98. The van der Waals surface area contributed by atoms with Crippen molar-refractivity contribution in [2.24, 2.45) is 16.7 Å². The number of nitrogens with zero attached hydrogens (tertiary/aromatic N) is 3. The van der Waals surface area contributed by atoms with Gasteiger partial charge < -0.3 is 9.47 Å². The van der Waals surface area contributed by atoms with E-state index in [1.165, 1.54) is 37.3 Å². The van der Waals surface area contributed by atoms with Gasteiger partial charge in [0.2, 0.25) is 22.9 Å². The van der Waals surface area contributed by atoms with E-state index >= 15 is 0 Å². The van der Waals surface area contributed by atoms with Gasteiger partial charge in [-0.2, -0.15) is 15.8 Å². The third kappa shape index (κ3) is 2.73. The second-order valence-electron chi connectivity index (χ2n) is 7.88. The summed E-state index contributed by atoms with van der Waals surface area (Å²) in [6.07, 6.45) is -2.59. The highest BCUT2D eigenvalue weighted by Crippen LogP contribution is 2.69. The van der Waals surface area contributed by atoms with Gasteiger partial charge >= 0.3 is 0 Å². The van der Waals surface area contributed by atoms with Crippen LogP contribution in [0.4, 0.5) is 22.0 Å². The summed E-state index contributed by atoms with van der Waals surface area (Å²) in [6, 6.07) is 8.29. The van der Waals surface area contributed by atoms with Gasteiger partial charge in [0.1, 0.15) is 6.10 Å². The summed E-state index contributed by atoms with van der Waals surface area (Å²) in [6.45, 7) is 1.26. The quantitative estimate of drug-likeness (QED) is 0.301. The number of nitrogens with one attached hydrogen (secondary N) is 1. The fourth-order valence-corrected chi connectivity index (χ4v) is 5.27. The van der Waals surface area contributed by atoms with Crippen molar-refractivity contribution < 1.29 is 31.4 Å². The highest BCUT2D eigenvalue weighted by molar-refractivity contribution is 6.35. The summed E-state index contributed by atoms with van der Waals surface area (Å²) < 4.78 is 83.2. The molecule has 2 aromatic rings. The Bertz CT molecular complexity index is 1410. The largest absolute Gasteiger partial charge is 0.443 e. The maximum Gasteiger partial charge on any atom is 0.245 e. The van der Waals surface area contributed by atoms with Crippen molar-refractivity contribution in [3.63, 3.8) is 0 Å². The first-order chi connectivity index (χ1) is 16.4. The SMILES string of the molecule is CC1C2(c3ccc(Cl)cc3Cl)OC(=N)C1(C#N)C(C#N)(C#N)C(c1c(F)c(F)c(F)c(F)c1F)O2. The lowest BCUT2D eigenvalue weighted by Gasteiger charge is -2.48. The molecule has 1 N–H and O–H groups in total. The Morgan fingerprint density at radius 3 is 1.94 bits per heavy atom. The third-order valence-corrected chi connectivity index (χ3v) is 7.03. The molecule has 4 rings (SSSR count). The fourth-order valence-electron chi connectivity index (χ4n) is 4.72. The molecule has 2 fully saturated rings. The summed E-state index contributed by atoms with van der Waals surface area (Å²) in [5, 5.41) is 38.6. The second-order valence-corrected chi connectivity index (χ2v) is 8.72. The van der Waals surface area contributed by atoms with Crippen LogP contribution in [0.2, 0.25) is 10.0 Å². The van der Waals surface area contributed by atoms with Gasteiger partial charge in [-0.25, -0.2) is 22.0 Å². The minimum atomic E-state index is -2.99. The number of ether oxygens (including phenoxy) is 2. The monoisotopic (exact) mass is 526 g/mol. The Hall–Kier alpha value is -3.43. The molecule has 0 aliphatic carbocycles. The third-order valence-electron chi connectivity index (χ3n) is 6.48. The van der Waals surface area contributed by atoms with Gasteiger partial charge in [0.15, 0.2) is 28.7 Å². The Balaban J connectivity index is 2.16. The zero-order valence-electron chi connectivity index (χ0n) is 17.2. The highest BCUT2D eigenvalue weighted by Gasteiger charge is 2.80. The first-order valence-corrected chi connectivity index (χ1v) is 10.3. The molecule has 0 amide bonds. The van der Waals surface area contributed by atoms with Gasteiger partial charge in [0.05, 0.1) is 34.7 Å². The molecular weight excluding hydrogens is 518 g/mol. The zero-order valence-corrected chi connectivity index (χ0v) is 18.7. The second kappa shape index (κ2) is 7.79. The smallest absolute Gasteiger partial charge is 0.245 e. The summed E-state index contributed by atoms with van der Waals surface area (Å²) in [4.78, 5) is 0. The van der Waals surface area contributed by atoms with Gasteiger partial charge in [-0.15, -0.1) is 0 Å². The molecule has 13 heteroatoms. The predicted molar refractivity (Wildman–Crippen MR) is 108 cm³/mol. The number of halogens is 7. The van der Waals surface area contributed by atoms with E-state index < -0.39 is 69.2 Å². The van der Waals surface area contributed by atoms with E-state index in [0.717, 1.165) is 0 Å². The molecular formula is C22H9Cl2F5N4O2. The Morgan fingerprint density at radius 2 is 1.46 bits per heavy atom. The van der Waals surface area contributed by atoms with Crippen molar-refractivity contribution >= 4 is 29.1 Å². The molecule has 0 aromatic heterocycles. The molecule has 0 spiro atoms. The van der Waals surface area contributed by atoms with Gasteiger partial charge in [-0.1, -0.05) is 30.1 Å². The number of hydrogen-bond donors (Lipinski definition) is 1. The average molecular weight is 527 g/mol. The van der Waals surface area contributed by atoms with Crippen LogP contribution in [0.1, 0.15) is 24.2 Å². The molecule has 0 radical (unpaired) electrons. The summed E-state index contributed by atoms with van der Waals surface area (Å²) in [5.74, 6) is -16.7. The first-order valence-electron chi connectivity index (χ1n) is 9.56. The van der Waals surface area contributed by atoms with Crippen LogP contribution >= 0.6 is 23.2 Å². The van der Waals surface area contributed by atoms with Crippen LogP contribution in [0.5, 0.6) is 0 Å². The summed E-state index contributed by atoms with van der Waals surface area (Å²) >= 11 is 12.2. The van der Waals surface area contributed by atoms with Crippen molar-refractivity contribution in [3.8, 4) is 18.2 Å². The van der Waals surface area contributed by atoms with E-state index in [2.05, 4.69) is 0 Å². The summed E-state index contributed by atoms with van der Waals surface area (Å²) in [5.41, 5.74) is -7.38. The number of benzene rings is 2. The molecule has 35 heavy (non-hydrogen) atoms. The van der Waals surface area contributed by atoms with Gasteiger partial charge in [0.25, 0.3) is 0 Å². The van der Waals surface area contributed by atoms with E-state index in [1.807, 2.05) is 0 Å². The molecule has 178 valence electrons. The molecule has 4 unspecified atom stereocenters. The topological polar surface area (TPSA) is 114 Å². The number of fused-ring (bicyclic) bond motifs is 2. The maximum absolute atomic E-state index is 14.9. The molecule has 2 aliphatic rings. The molecule has 4 atom stereocenters. The molecule has 2 aliphatic heterocycles. The lowest BCUT2D eigenvalue weighted by atomic mass is 9.53. The lowest BCUT2D eigenvalue weighted by Crippen LogP contribution is -2.58. The molecule has 6 nitrogen and oxygen atoms in total. The van der Waals surface area contributed by atoms with E-state index in [9.17, 15) is 37.7 Å². The molecule has 2 bridgehead atoms. The minimum absolute atomic E-state index is 0.128. The standard InChI is InChI=1S/C22H9Cl2F5N4O2/c1-8-21(7-32)19(33)35-22(8,10-3-2-9(23)4-11(10)24)34-18(20(21,5-30)6-31)12-13(25)15(27)17(29)16(28)14(12)26/h2-4,8,18,33H,1H3. The van der Waals surface area contributed by atoms with E-state index in [1.54, 1.807) is 6.07 Å². The van der Waals surface area contributed by atoms with E-state index in [0.29, 0.717) is 0 Å². The first kappa shape index (κ1) is 24.7. The Kier molecular flexibility index (Phi) is 5.50. The van der Waals surface area contributed by atoms with Crippen LogP contribution in [-0.2, 0) is 15.3 Å². The Morgan fingerprint density at radius 1 is 0.914 bits per heavy atom. The predicted octanol–water partition coefficient (Wildman–Crippen LogP) is 5.80. The summed E-state index contributed by atoms with van der Waals surface area (Å²) in [7, 11) is 0. The van der Waals surface area contributed by atoms with Crippen molar-refractivity contribution in [2.45, 2.75) is 18.8 Å².